The van der Waals surface area contributed by atoms with E-state index in [1.807, 2.05) is 37.3 Å². The summed E-state index contributed by atoms with van der Waals surface area (Å²) in [5, 5.41) is 10.3. The van der Waals surface area contributed by atoms with Gasteiger partial charge in [-0.1, -0.05) is 11.3 Å². The predicted molar refractivity (Wildman–Crippen MR) is 92.1 cm³/mol. The molecule has 1 N–H and O–H groups in total. The number of ether oxygens (including phenoxy) is 1. The third kappa shape index (κ3) is 4.63. The summed E-state index contributed by atoms with van der Waals surface area (Å²) < 4.78 is 7.27. The fourth-order valence-corrected chi connectivity index (χ4v) is 2.24. The van der Waals surface area contributed by atoms with Gasteiger partial charge in [0.1, 0.15) is 12.3 Å². The van der Waals surface area contributed by atoms with Crippen molar-refractivity contribution in [2.24, 2.45) is 0 Å². The summed E-state index contributed by atoms with van der Waals surface area (Å²) in [6.45, 7) is 4.62. The first-order valence-corrected chi connectivity index (χ1v) is 7.91. The molecule has 0 aliphatic rings. The lowest BCUT2D eigenvalue weighted by atomic mass is 10.1. The largest absolute Gasteiger partial charge is 0.439 e. The second-order valence-electron chi connectivity index (χ2n) is 5.73. The van der Waals surface area contributed by atoms with Gasteiger partial charge in [0, 0.05) is 25.0 Å². The van der Waals surface area contributed by atoms with Crippen LogP contribution in [-0.2, 0) is 17.9 Å². The van der Waals surface area contributed by atoms with Gasteiger partial charge in [-0.25, -0.2) is 9.67 Å². The van der Waals surface area contributed by atoms with Gasteiger partial charge < -0.3 is 10.1 Å². The molecule has 7 heteroatoms. The maximum Gasteiger partial charge on any atom is 0.242 e. The number of carbonyl (C=O) groups excluding carboxylic acids is 1. The molecular formula is C18H19N5O2. The van der Waals surface area contributed by atoms with Crippen molar-refractivity contribution in [3.63, 3.8) is 0 Å². The van der Waals surface area contributed by atoms with Crippen molar-refractivity contribution in [2.75, 3.05) is 0 Å². The lowest BCUT2D eigenvalue weighted by Gasteiger charge is -2.09. The Balaban J connectivity index is 1.59. The van der Waals surface area contributed by atoms with E-state index >= 15 is 0 Å². The van der Waals surface area contributed by atoms with Crippen molar-refractivity contribution in [1.29, 1.82) is 0 Å². The van der Waals surface area contributed by atoms with E-state index < -0.39 is 0 Å². The second-order valence-corrected chi connectivity index (χ2v) is 5.73. The van der Waals surface area contributed by atoms with Crippen molar-refractivity contribution in [3.05, 3.63) is 65.6 Å². The number of nitrogens with zero attached hydrogens (tertiary/aromatic N) is 4. The van der Waals surface area contributed by atoms with Crippen LogP contribution in [-0.4, -0.2) is 25.9 Å². The SMILES string of the molecule is Cc1ccc(Oc2cc(CNC(=O)Cn3ccnn3)ccn2)cc1C. The van der Waals surface area contributed by atoms with E-state index in [4.69, 9.17) is 4.74 Å². The lowest BCUT2D eigenvalue weighted by molar-refractivity contribution is -0.122. The number of aromatic nitrogens is 4. The zero-order chi connectivity index (χ0) is 17.6. The first kappa shape index (κ1) is 16.6. The summed E-state index contributed by atoms with van der Waals surface area (Å²) in [6.07, 6.45) is 4.84. The number of hydrogen-bond donors (Lipinski definition) is 1. The van der Waals surface area contributed by atoms with Gasteiger partial charge in [0.25, 0.3) is 0 Å². The molecule has 0 atom stereocenters. The number of carbonyl (C=O) groups is 1. The zero-order valence-electron chi connectivity index (χ0n) is 14.1. The second kappa shape index (κ2) is 7.57. The van der Waals surface area contributed by atoms with Crippen LogP contribution in [0.2, 0.25) is 0 Å². The highest BCUT2D eigenvalue weighted by molar-refractivity contribution is 5.75. The number of aryl methyl sites for hydroxylation is 2. The molecule has 25 heavy (non-hydrogen) atoms. The fourth-order valence-electron chi connectivity index (χ4n) is 2.24. The number of pyridine rings is 1. The van der Waals surface area contributed by atoms with E-state index in [9.17, 15) is 4.79 Å². The molecule has 2 heterocycles. The van der Waals surface area contributed by atoms with Crippen molar-refractivity contribution >= 4 is 5.91 Å². The van der Waals surface area contributed by atoms with Crippen LogP contribution in [0, 0.1) is 13.8 Å². The molecule has 128 valence electrons. The number of nitrogens with one attached hydrogen (secondary N) is 1. The van der Waals surface area contributed by atoms with Crippen molar-refractivity contribution in [1.82, 2.24) is 25.3 Å². The quantitative estimate of drug-likeness (QED) is 0.747. The van der Waals surface area contributed by atoms with E-state index in [0.29, 0.717) is 12.4 Å². The van der Waals surface area contributed by atoms with Crippen molar-refractivity contribution in [3.8, 4) is 11.6 Å². The minimum atomic E-state index is -0.140. The number of amides is 1. The van der Waals surface area contributed by atoms with Crippen LogP contribution < -0.4 is 10.1 Å². The van der Waals surface area contributed by atoms with Crippen LogP contribution in [0.5, 0.6) is 11.6 Å². The molecule has 0 spiro atoms. The van der Waals surface area contributed by atoms with Gasteiger partial charge in [0.05, 0.1) is 6.20 Å². The van der Waals surface area contributed by atoms with Gasteiger partial charge in [-0.3, -0.25) is 4.79 Å². The smallest absolute Gasteiger partial charge is 0.242 e. The van der Waals surface area contributed by atoms with Gasteiger partial charge in [-0.15, -0.1) is 5.10 Å². The Morgan fingerprint density at radius 2 is 2.04 bits per heavy atom. The van der Waals surface area contributed by atoms with Crippen molar-refractivity contribution in [2.45, 2.75) is 26.9 Å². The van der Waals surface area contributed by atoms with E-state index in [1.165, 1.54) is 16.4 Å². The molecule has 0 bridgehead atoms. The molecule has 2 aromatic heterocycles. The lowest BCUT2D eigenvalue weighted by Crippen LogP contribution is -2.27. The molecular weight excluding hydrogens is 318 g/mol. The van der Waals surface area contributed by atoms with Gasteiger partial charge in [0.2, 0.25) is 11.8 Å². The summed E-state index contributed by atoms with van der Waals surface area (Å²) in [5.41, 5.74) is 3.28. The van der Waals surface area contributed by atoms with Crippen LogP contribution in [0.3, 0.4) is 0 Å². The van der Waals surface area contributed by atoms with E-state index in [-0.39, 0.29) is 12.5 Å². The van der Waals surface area contributed by atoms with E-state index in [1.54, 1.807) is 12.4 Å². The van der Waals surface area contributed by atoms with Crippen LogP contribution in [0.25, 0.3) is 0 Å². The summed E-state index contributed by atoms with van der Waals surface area (Å²) in [7, 11) is 0. The zero-order valence-corrected chi connectivity index (χ0v) is 14.1. The molecule has 7 nitrogen and oxygen atoms in total. The maximum atomic E-state index is 11.9. The summed E-state index contributed by atoms with van der Waals surface area (Å²) in [6, 6.07) is 9.55. The molecule has 0 radical (unpaired) electrons. The molecule has 0 saturated carbocycles. The van der Waals surface area contributed by atoms with E-state index in [2.05, 4.69) is 27.5 Å². The molecule has 1 amide bonds. The van der Waals surface area contributed by atoms with Gasteiger partial charge in [0.15, 0.2) is 0 Å². The Bertz CT molecular complexity index is 862. The van der Waals surface area contributed by atoms with E-state index in [0.717, 1.165) is 16.9 Å². The summed E-state index contributed by atoms with van der Waals surface area (Å²) in [4.78, 5) is 16.1. The summed E-state index contributed by atoms with van der Waals surface area (Å²) in [5.74, 6) is 1.09. The normalized spacial score (nSPS) is 10.5. The molecule has 0 saturated heterocycles. The molecule has 0 unspecified atom stereocenters. The third-order valence-electron chi connectivity index (χ3n) is 3.77. The first-order valence-electron chi connectivity index (χ1n) is 7.91. The molecule has 0 aliphatic carbocycles. The monoisotopic (exact) mass is 337 g/mol. The van der Waals surface area contributed by atoms with Crippen LogP contribution in [0.4, 0.5) is 0 Å². The van der Waals surface area contributed by atoms with Crippen LogP contribution in [0.15, 0.2) is 48.9 Å². The number of rotatable bonds is 6. The predicted octanol–water partition coefficient (Wildman–Crippen LogP) is 2.40. The highest BCUT2D eigenvalue weighted by Crippen LogP contribution is 2.22. The van der Waals surface area contributed by atoms with Crippen molar-refractivity contribution < 1.29 is 9.53 Å². The molecule has 3 rings (SSSR count). The van der Waals surface area contributed by atoms with Gasteiger partial charge >= 0.3 is 0 Å². The number of benzene rings is 1. The Kier molecular flexibility index (Phi) is 5.03. The van der Waals surface area contributed by atoms with Crippen LogP contribution >= 0.6 is 0 Å². The Morgan fingerprint density at radius 3 is 2.80 bits per heavy atom. The maximum absolute atomic E-state index is 11.9. The third-order valence-corrected chi connectivity index (χ3v) is 3.77. The van der Waals surface area contributed by atoms with Gasteiger partial charge in [-0.2, -0.15) is 0 Å². The standard InChI is InChI=1S/C18H19N5O2/c1-13-3-4-16(9-14(13)2)25-18-10-15(5-6-19-18)11-20-17(24)12-23-8-7-21-22-23/h3-10H,11-12H2,1-2H3,(H,20,24). The Morgan fingerprint density at radius 1 is 1.16 bits per heavy atom. The minimum absolute atomic E-state index is 0.136. The average Bonchev–Trinajstić information content (AvgIpc) is 3.10. The first-order chi connectivity index (χ1) is 12.1. The highest BCUT2D eigenvalue weighted by atomic mass is 16.5. The molecule has 0 aliphatic heterocycles. The fraction of sp³-hybridized carbons (Fsp3) is 0.222. The molecule has 1 aromatic carbocycles. The molecule has 3 aromatic rings. The summed E-state index contributed by atoms with van der Waals surface area (Å²) >= 11 is 0. The number of hydrogen-bond acceptors (Lipinski definition) is 5. The highest BCUT2D eigenvalue weighted by Gasteiger charge is 2.05. The average molecular weight is 337 g/mol. The topological polar surface area (TPSA) is 81.9 Å². The Labute approximate surface area is 145 Å². The van der Waals surface area contributed by atoms with Crippen LogP contribution in [0.1, 0.15) is 16.7 Å². The minimum Gasteiger partial charge on any atom is -0.439 e. The Hall–Kier alpha value is -3.22. The van der Waals surface area contributed by atoms with Gasteiger partial charge in [-0.05, 0) is 48.7 Å². The molecule has 0 fully saturated rings.